The molecule has 138 valence electrons. The molecule has 2 fully saturated rings. The molecule has 4 rings (SSSR count). The zero-order chi connectivity index (χ0) is 19.0. The minimum atomic E-state index is -0.0925. The van der Waals surface area contributed by atoms with Crippen LogP contribution in [0.3, 0.4) is 0 Å². The number of benzene rings is 1. The number of likely N-dealkylation sites (N-methyl/N-ethyl adjacent to an activating group) is 1. The number of hydrogen-bond donors (Lipinski definition) is 0. The van der Waals surface area contributed by atoms with Gasteiger partial charge < -0.3 is 9.80 Å². The molecule has 1 aromatic heterocycles. The van der Waals surface area contributed by atoms with Crippen molar-refractivity contribution in [3.63, 3.8) is 0 Å². The maximum Gasteiger partial charge on any atom is 0.230 e. The van der Waals surface area contributed by atoms with Crippen molar-refractivity contribution in [2.45, 2.75) is 37.6 Å². The van der Waals surface area contributed by atoms with Gasteiger partial charge in [-0.2, -0.15) is 5.26 Å². The van der Waals surface area contributed by atoms with Crippen LogP contribution in [-0.2, 0) is 4.79 Å². The van der Waals surface area contributed by atoms with E-state index in [9.17, 15) is 10.1 Å². The Labute approximate surface area is 160 Å². The summed E-state index contributed by atoms with van der Waals surface area (Å²) in [7, 11) is 1.95. The van der Waals surface area contributed by atoms with Crippen LogP contribution >= 0.6 is 0 Å². The van der Waals surface area contributed by atoms with Crippen LogP contribution < -0.4 is 4.90 Å². The second kappa shape index (κ2) is 6.70. The van der Waals surface area contributed by atoms with Gasteiger partial charge in [-0.25, -0.2) is 4.98 Å². The molecular weight excluding hydrogens is 336 g/mol. The smallest absolute Gasteiger partial charge is 0.230 e. The average Bonchev–Trinajstić information content (AvgIpc) is 2.94. The number of aromatic nitrogens is 1. The minimum Gasteiger partial charge on any atom is -0.355 e. The molecule has 5 heteroatoms. The number of piperidine rings is 1. The zero-order valence-corrected chi connectivity index (χ0v) is 15.9. The van der Waals surface area contributed by atoms with Crippen molar-refractivity contribution in [1.29, 1.82) is 5.26 Å². The summed E-state index contributed by atoms with van der Waals surface area (Å²) in [6.45, 7) is 3.57. The fourth-order valence-corrected chi connectivity index (χ4v) is 4.56. The van der Waals surface area contributed by atoms with Crippen LogP contribution in [0, 0.1) is 18.3 Å². The quantitative estimate of drug-likeness (QED) is 0.825. The van der Waals surface area contributed by atoms with Crippen molar-refractivity contribution in [2.24, 2.45) is 0 Å². The third kappa shape index (κ3) is 2.95. The van der Waals surface area contributed by atoms with Gasteiger partial charge in [0, 0.05) is 31.4 Å². The Morgan fingerprint density at radius 3 is 2.52 bits per heavy atom. The Hall–Kier alpha value is -2.87. The van der Waals surface area contributed by atoms with E-state index < -0.39 is 0 Å². The molecule has 27 heavy (non-hydrogen) atoms. The topological polar surface area (TPSA) is 60.2 Å². The normalized spacial score (nSPS) is 21.5. The van der Waals surface area contributed by atoms with E-state index in [1.165, 1.54) is 0 Å². The van der Waals surface area contributed by atoms with Gasteiger partial charge in [-0.3, -0.25) is 4.79 Å². The first-order chi connectivity index (χ1) is 13.0. The Morgan fingerprint density at radius 2 is 1.85 bits per heavy atom. The van der Waals surface area contributed by atoms with E-state index in [4.69, 9.17) is 0 Å². The molecule has 0 bridgehead atoms. The third-order valence-electron chi connectivity index (χ3n) is 6.25. The SMILES string of the molecule is Cc1ccc(C#N)c(N2CCC3(CC2)C[C@@H](c2ccccc2)C(=O)N3C)n1. The molecule has 2 aliphatic heterocycles. The summed E-state index contributed by atoms with van der Waals surface area (Å²) in [5, 5.41) is 9.41. The molecule has 0 N–H and O–H groups in total. The number of anilines is 1. The van der Waals surface area contributed by atoms with Crippen molar-refractivity contribution in [3.8, 4) is 6.07 Å². The number of rotatable bonds is 2. The lowest BCUT2D eigenvalue weighted by Crippen LogP contribution is -2.52. The summed E-state index contributed by atoms with van der Waals surface area (Å²) >= 11 is 0. The Morgan fingerprint density at radius 1 is 1.15 bits per heavy atom. The fraction of sp³-hybridized carbons (Fsp3) is 0.409. The molecule has 0 aliphatic carbocycles. The zero-order valence-electron chi connectivity index (χ0n) is 15.9. The van der Waals surface area contributed by atoms with Gasteiger partial charge in [0.05, 0.1) is 11.5 Å². The molecule has 2 saturated heterocycles. The number of pyridine rings is 1. The number of likely N-dealkylation sites (tertiary alicyclic amines) is 1. The molecule has 5 nitrogen and oxygen atoms in total. The van der Waals surface area contributed by atoms with E-state index in [0.717, 1.165) is 49.4 Å². The van der Waals surface area contributed by atoms with Crippen LogP contribution in [0.15, 0.2) is 42.5 Å². The Balaban J connectivity index is 1.54. The Bertz CT molecular complexity index is 894. The summed E-state index contributed by atoms with van der Waals surface area (Å²) in [6.07, 6.45) is 2.67. The van der Waals surface area contributed by atoms with E-state index in [1.807, 2.05) is 49.2 Å². The Kier molecular flexibility index (Phi) is 4.35. The van der Waals surface area contributed by atoms with Gasteiger partial charge in [0.25, 0.3) is 0 Å². The molecule has 1 atom stereocenters. The standard InChI is InChI=1S/C22H24N4O/c1-16-8-9-18(15-23)20(24-16)26-12-10-22(11-13-26)14-19(21(27)25(22)2)17-6-4-3-5-7-17/h3-9,19H,10-14H2,1-2H3/t19-/m0/s1. The first-order valence-electron chi connectivity index (χ1n) is 9.49. The van der Waals surface area contributed by atoms with E-state index in [1.54, 1.807) is 0 Å². The van der Waals surface area contributed by atoms with E-state index in [2.05, 4.69) is 28.1 Å². The monoisotopic (exact) mass is 360 g/mol. The summed E-state index contributed by atoms with van der Waals surface area (Å²) in [4.78, 5) is 21.7. The minimum absolute atomic E-state index is 0.0467. The summed E-state index contributed by atoms with van der Waals surface area (Å²) in [5.41, 5.74) is 2.56. The predicted molar refractivity (Wildman–Crippen MR) is 104 cm³/mol. The lowest BCUT2D eigenvalue weighted by atomic mass is 9.81. The summed E-state index contributed by atoms with van der Waals surface area (Å²) in [5.74, 6) is 0.953. The highest BCUT2D eigenvalue weighted by Crippen LogP contribution is 2.45. The highest BCUT2D eigenvalue weighted by atomic mass is 16.2. The van der Waals surface area contributed by atoms with Crippen molar-refractivity contribution < 1.29 is 4.79 Å². The number of carbonyl (C=O) groups excluding carboxylic acids is 1. The highest BCUT2D eigenvalue weighted by Gasteiger charge is 2.50. The maximum atomic E-state index is 12.9. The van der Waals surface area contributed by atoms with Crippen LogP contribution in [0.2, 0.25) is 0 Å². The summed E-state index contributed by atoms with van der Waals surface area (Å²) < 4.78 is 0. The number of hydrogen-bond acceptors (Lipinski definition) is 4. The molecule has 0 saturated carbocycles. The van der Waals surface area contributed by atoms with Gasteiger partial charge >= 0.3 is 0 Å². The van der Waals surface area contributed by atoms with Crippen LogP contribution in [0.1, 0.15) is 42.0 Å². The largest absolute Gasteiger partial charge is 0.355 e. The highest BCUT2D eigenvalue weighted by molar-refractivity contribution is 5.87. The summed E-state index contributed by atoms with van der Waals surface area (Å²) in [6, 6.07) is 16.1. The van der Waals surface area contributed by atoms with Crippen molar-refractivity contribution in [2.75, 3.05) is 25.0 Å². The molecule has 0 radical (unpaired) electrons. The number of nitriles is 1. The lowest BCUT2D eigenvalue weighted by Gasteiger charge is -2.44. The second-order valence-electron chi connectivity index (χ2n) is 7.71. The van der Waals surface area contributed by atoms with Gasteiger partial charge in [-0.15, -0.1) is 0 Å². The van der Waals surface area contributed by atoms with Crippen LogP contribution in [0.5, 0.6) is 0 Å². The molecule has 3 heterocycles. The third-order valence-corrected chi connectivity index (χ3v) is 6.25. The fourth-order valence-electron chi connectivity index (χ4n) is 4.56. The number of aryl methyl sites for hydroxylation is 1. The molecule has 2 aliphatic rings. The first kappa shape index (κ1) is 17.5. The molecular formula is C22H24N4O. The van der Waals surface area contributed by atoms with Gasteiger partial charge in [-0.05, 0) is 43.9 Å². The van der Waals surface area contributed by atoms with Gasteiger partial charge in [0.2, 0.25) is 5.91 Å². The number of carbonyl (C=O) groups is 1. The molecule has 1 spiro atoms. The number of amides is 1. The molecule has 1 amide bonds. The lowest BCUT2D eigenvalue weighted by molar-refractivity contribution is -0.131. The van der Waals surface area contributed by atoms with Crippen LogP contribution in [0.25, 0.3) is 0 Å². The van der Waals surface area contributed by atoms with Crippen molar-refractivity contribution >= 4 is 11.7 Å². The number of nitrogens with zero attached hydrogens (tertiary/aromatic N) is 4. The molecule has 1 aromatic carbocycles. The van der Waals surface area contributed by atoms with Crippen molar-refractivity contribution in [1.82, 2.24) is 9.88 Å². The van der Waals surface area contributed by atoms with Crippen molar-refractivity contribution in [3.05, 3.63) is 59.3 Å². The van der Waals surface area contributed by atoms with Gasteiger partial charge in [-0.1, -0.05) is 30.3 Å². The molecule has 2 aromatic rings. The maximum absolute atomic E-state index is 12.9. The van der Waals surface area contributed by atoms with E-state index in [-0.39, 0.29) is 17.4 Å². The predicted octanol–water partition coefficient (Wildman–Crippen LogP) is 3.25. The van der Waals surface area contributed by atoms with Crippen LogP contribution in [-0.4, -0.2) is 41.5 Å². The van der Waals surface area contributed by atoms with Gasteiger partial charge in [0.15, 0.2) is 0 Å². The second-order valence-corrected chi connectivity index (χ2v) is 7.71. The first-order valence-corrected chi connectivity index (χ1v) is 9.49. The van der Waals surface area contributed by atoms with E-state index in [0.29, 0.717) is 5.56 Å². The van der Waals surface area contributed by atoms with E-state index >= 15 is 0 Å². The average molecular weight is 360 g/mol. The molecule has 0 unspecified atom stereocenters. The van der Waals surface area contributed by atoms with Crippen LogP contribution in [0.4, 0.5) is 5.82 Å². The van der Waals surface area contributed by atoms with Gasteiger partial charge in [0.1, 0.15) is 11.9 Å².